The van der Waals surface area contributed by atoms with Gasteiger partial charge < -0.3 is 5.32 Å². The van der Waals surface area contributed by atoms with Gasteiger partial charge in [0.05, 0.1) is 6.42 Å². The fraction of sp³-hybridized carbons (Fsp3) is 0.0909. The van der Waals surface area contributed by atoms with Gasteiger partial charge in [0.2, 0.25) is 11.0 Å². The van der Waals surface area contributed by atoms with Crippen LogP contribution in [0.2, 0.25) is 0 Å². The van der Waals surface area contributed by atoms with E-state index < -0.39 is 0 Å². The van der Waals surface area contributed by atoms with Gasteiger partial charge in [-0.1, -0.05) is 11.3 Å². The molecular formula is C11H8N4O2S. The maximum absolute atomic E-state index is 11.9. The minimum Gasteiger partial charge on any atom is -0.326 e. The molecule has 0 atom stereocenters. The van der Waals surface area contributed by atoms with Crippen LogP contribution in [-0.2, 0) is 11.2 Å². The van der Waals surface area contributed by atoms with Gasteiger partial charge in [0, 0.05) is 11.3 Å². The van der Waals surface area contributed by atoms with E-state index in [4.69, 9.17) is 0 Å². The molecule has 0 fully saturated rings. The Morgan fingerprint density at radius 1 is 1.44 bits per heavy atom. The number of hydrogen-bond acceptors (Lipinski definition) is 5. The van der Waals surface area contributed by atoms with Gasteiger partial charge in [-0.05, 0) is 23.8 Å². The minimum atomic E-state index is -0.256. The molecule has 1 aromatic heterocycles. The second-order valence-corrected chi connectivity index (χ2v) is 4.63. The zero-order valence-corrected chi connectivity index (χ0v) is 9.95. The zero-order chi connectivity index (χ0) is 12.5. The number of nitrogens with zero attached hydrogens (tertiary/aromatic N) is 2. The van der Waals surface area contributed by atoms with Gasteiger partial charge in [-0.3, -0.25) is 14.9 Å². The lowest BCUT2D eigenvalue weighted by atomic mass is 10.1. The zero-order valence-electron chi connectivity index (χ0n) is 9.14. The smallest absolute Gasteiger partial charge is 0.257 e. The van der Waals surface area contributed by atoms with Crippen LogP contribution < -0.4 is 10.6 Å². The first kappa shape index (κ1) is 10.8. The third kappa shape index (κ3) is 1.95. The quantitative estimate of drug-likeness (QED) is 0.852. The van der Waals surface area contributed by atoms with Crippen molar-refractivity contribution in [3.63, 3.8) is 0 Å². The molecule has 6 nitrogen and oxygen atoms in total. The van der Waals surface area contributed by atoms with Crippen LogP contribution >= 0.6 is 11.3 Å². The van der Waals surface area contributed by atoms with Gasteiger partial charge in [-0.15, -0.1) is 10.2 Å². The summed E-state index contributed by atoms with van der Waals surface area (Å²) < 4.78 is 0. The number of anilines is 2. The third-order valence-corrected chi connectivity index (χ3v) is 3.18. The van der Waals surface area contributed by atoms with E-state index in [-0.39, 0.29) is 11.8 Å². The number of amides is 2. The van der Waals surface area contributed by atoms with Crippen molar-refractivity contribution in [1.29, 1.82) is 0 Å². The molecule has 0 bridgehead atoms. The van der Waals surface area contributed by atoms with E-state index >= 15 is 0 Å². The summed E-state index contributed by atoms with van der Waals surface area (Å²) in [5, 5.41) is 13.2. The average molecular weight is 260 g/mol. The molecule has 2 amide bonds. The number of carbonyl (C=O) groups excluding carboxylic acids is 2. The van der Waals surface area contributed by atoms with Crippen molar-refractivity contribution in [1.82, 2.24) is 10.2 Å². The molecule has 0 radical (unpaired) electrons. The van der Waals surface area contributed by atoms with E-state index in [1.54, 1.807) is 23.7 Å². The lowest BCUT2D eigenvalue weighted by Crippen LogP contribution is -2.11. The highest BCUT2D eigenvalue weighted by Gasteiger charge is 2.19. The topological polar surface area (TPSA) is 84.0 Å². The number of carbonyl (C=O) groups is 2. The van der Waals surface area contributed by atoms with Crippen LogP contribution in [0.25, 0.3) is 0 Å². The van der Waals surface area contributed by atoms with E-state index in [1.165, 1.54) is 11.3 Å². The molecule has 90 valence electrons. The van der Waals surface area contributed by atoms with E-state index in [2.05, 4.69) is 20.8 Å². The van der Waals surface area contributed by atoms with Crippen LogP contribution in [0.4, 0.5) is 10.8 Å². The molecule has 0 saturated carbocycles. The molecule has 2 aromatic rings. The first-order chi connectivity index (χ1) is 8.72. The Kier molecular flexibility index (Phi) is 2.52. The lowest BCUT2D eigenvalue weighted by Gasteiger charge is -2.03. The second-order valence-electron chi connectivity index (χ2n) is 3.79. The highest BCUT2D eigenvalue weighted by Crippen LogP contribution is 2.24. The molecule has 2 heterocycles. The van der Waals surface area contributed by atoms with Gasteiger partial charge >= 0.3 is 0 Å². The molecule has 18 heavy (non-hydrogen) atoms. The first-order valence-corrected chi connectivity index (χ1v) is 6.10. The fourth-order valence-corrected chi connectivity index (χ4v) is 2.21. The molecule has 1 aliphatic heterocycles. The highest BCUT2D eigenvalue weighted by atomic mass is 32.1. The van der Waals surface area contributed by atoms with Crippen LogP contribution in [0.5, 0.6) is 0 Å². The molecule has 1 aromatic carbocycles. The fourth-order valence-electron chi connectivity index (χ4n) is 1.77. The summed E-state index contributed by atoms with van der Waals surface area (Å²) in [5.74, 6) is -0.305. The Bertz CT molecular complexity index is 624. The van der Waals surface area contributed by atoms with E-state index in [0.29, 0.717) is 17.1 Å². The molecule has 0 spiro atoms. The molecule has 0 unspecified atom stereocenters. The SMILES string of the molecule is O=C1Cc2cc(C(=O)Nc3nncs3)ccc2N1. The van der Waals surface area contributed by atoms with Crippen LogP contribution in [0.1, 0.15) is 15.9 Å². The summed E-state index contributed by atoms with van der Waals surface area (Å²) in [6, 6.07) is 5.11. The lowest BCUT2D eigenvalue weighted by molar-refractivity contribution is -0.115. The van der Waals surface area contributed by atoms with Crippen molar-refractivity contribution in [2.24, 2.45) is 0 Å². The number of nitrogens with one attached hydrogen (secondary N) is 2. The predicted octanol–water partition coefficient (Wildman–Crippen LogP) is 1.28. The minimum absolute atomic E-state index is 0.0494. The number of aromatic nitrogens is 2. The standard InChI is InChI=1S/C11H8N4O2S/c16-9-4-7-3-6(1-2-8(7)13-9)10(17)14-11-15-12-5-18-11/h1-3,5H,4H2,(H,13,16)(H,14,15,17). The van der Waals surface area contributed by atoms with Gasteiger partial charge in [0.1, 0.15) is 5.51 Å². The van der Waals surface area contributed by atoms with Crippen molar-refractivity contribution in [2.45, 2.75) is 6.42 Å². The summed E-state index contributed by atoms with van der Waals surface area (Å²) in [6.45, 7) is 0. The molecule has 0 saturated heterocycles. The summed E-state index contributed by atoms with van der Waals surface area (Å²) in [7, 11) is 0. The van der Waals surface area contributed by atoms with Gasteiger partial charge in [0.15, 0.2) is 0 Å². The second kappa shape index (κ2) is 4.19. The summed E-state index contributed by atoms with van der Waals surface area (Å²) in [6.07, 6.45) is 0.315. The first-order valence-electron chi connectivity index (χ1n) is 5.23. The summed E-state index contributed by atoms with van der Waals surface area (Å²) >= 11 is 1.25. The molecule has 7 heteroatoms. The number of rotatable bonds is 2. The van der Waals surface area contributed by atoms with Crippen LogP contribution in [0.15, 0.2) is 23.7 Å². The normalized spacial score (nSPS) is 13.0. The van der Waals surface area contributed by atoms with Crippen LogP contribution in [0, 0.1) is 0 Å². The third-order valence-electron chi connectivity index (χ3n) is 2.57. The maximum atomic E-state index is 11.9. The van der Waals surface area contributed by atoms with Crippen LogP contribution in [-0.4, -0.2) is 22.0 Å². The van der Waals surface area contributed by atoms with Crippen molar-refractivity contribution in [3.05, 3.63) is 34.8 Å². The van der Waals surface area contributed by atoms with Crippen molar-refractivity contribution in [3.8, 4) is 0 Å². The number of benzene rings is 1. The Balaban J connectivity index is 1.83. The van der Waals surface area contributed by atoms with Crippen molar-refractivity contribution in [2.75, 3.05) is 10.6 Å². The van der Waals surface area contributed by atoms with Gasteiger partial charge in [-0.2, -0.15) is 0 Å². The van der Waals surface area contributed by atoms with E-state index in [1.807, 2.05) is 0 Å². The number of fused-ring (bicyclic) bond motifs is 1. The summed E-state index contributed by atoms with van der Waals surface area (Å²) in [5.41, 5.74) is 3.65. The maximum Gasteiger partial charge on any atom is 0.257 e. The number of hydrogen-bond donors (Lipinski definition) is 2. The Hall–Kier alpha value is -2.28. The molecule has 2 N–H and O–H groups in total. The monoisotopic (exact) mass is 260 g/mol. The van der Waals surface area contributed by atoms with E-state index in [9.17, 15) is 9.59 Å². The molecule has 1 aliphatic rings. The molecule has 3 rings (SSSR count). The highest BCUT2D eigenvalue weighted by molar-refractivity contribution is 7.13. The van der Waals surface area contributed by atoms with Gasteiger partial charge in [0.25, 0.3) is 5.91 Å². The van der Waals surface area contributed by atoms with Crippen LogP contribution in [0.3, 0.4) is 0 Å². The van der Waals surface area contributed by atoms with Gasteiger partial charge in [-0.25, -0.2) is 0 Å². The molecular weight excluding hydrogens is 252 g/mol. The largest absolute Gasteiger partial charge is 0.326 e. The van der Waals surface area contributed by atoms with E-state index in [0.717, 1.165) is 11.3 Å². The average Bonchev–Trinajstić information content (AvgIpc) is 2.95. The Morgan fingerprint density at radius 3 is 3.11 bits per heavy atom. The Labute approximate surface area is 106 Å². The van der Waals surface area contributed by atoms with Crippen molar-refractivity contribution >= 4 is 34.0 Å². The van der Waals surface area contributed by atoms with Crippen molar-refractivity contribution < 1.29 is 9.59 Å². The predicted molar refractivity (Wildman–Crippen MR) is 66.6 cm³/mol. The molecule has 0 aliphatic carbocycles. The Morgan fingerprint density at radius 2 is 2.33 bits per heavy atom. The summed E-state index contributed by atoms with van der Waals surface area (Å²) in [4.78, 5) is 23.1.